The first-order valence-electron chi connectivity index (χ1n) is 13.4. The van der Waals surface area contributed by atoms with Crippen LogP contribution in [0.5, 0.6) is 0 Å². The van der Waals surface area contributed by atoms with E-state index in [1.54, 1.807) is 0 Å². The van der Waals surface area contributed by atoms with Crippen LogP contribution in [0.25, 0.3) is 0 Å². The molecule has 0 spiro atoms. The maximum atomic E-state index is 11.2. The van der Waals surface area contributed by atoms with Crippen molar-refractivity contribution in [3.05, 3.63) is 23.3 Å². The van der Waals surface area contributed by atoms with Crippen molar-refractivity contribution in [1.29, 1.82) is 0 Å². The molecule has 0 bridgehead atoms. The zero-order valence-corrected chi connectivity index (χ0v) is 22.7. The Morgan fingerprint density at radius 1 is 1.03 bits per heavy atom. The van der Waals surface area contributed by atoms with Crippen LogP contribution in [0.3, 0.4) is 0 Å². The lowest BCUT2D eigenvalue weighted by molar-refractivity contribution is -0.397. The number of ether oxygens (including phenoxy) is 3. The smallest absolute Gasteiger partial charge is 0.187 e. The normalized spacial score (nSPS) is 44.1. The number of aliphatic hydroxyl groups is 8. The van der Waals surface area contributed by atoms with Gasteiger partial charge < -0.3 is 55.1 Å². The van der Waals surface area contributed by atoms with Gasteiger partial charge in [0.05, 0.1) is 13.2 Å². The molecule has 0 aromatic carbocycles. The summed E-state index contributed by atoms with van der Waals surface area (Å²) in [5.74, 6) is 0. The third kappa shape index (κ3) is 6.18. The van der Waals surface area contributed by atoms with Gasteiger partial charge in [0.2, 0.25) is 0 Å². The second kappa shape index (κ2) is 12.3. The van der Waals surface area contributed by atoms with E-state index in [4.69, 9.17) is 14.2 Å². The van der Waals surface area contributed by atoms with E-state index in [9.17, 15) is 40.9 Å². The first-order valence-corrected chi connectivity index (χ1v) is 13.4. The van der Waals surface area contributed by atoms with Crippen molar-refractivity contribution >= 4 is 0 Å². The van der Waals surface area contributed by atoms with Gasteiger partial charge in [-0.3, -0.25) is 0 Å². The average Bonchev–Trinajstić information content (AvgIpc) is 2.86. The molecule has 3 rings (SSSR count). The van der Waals surface area contributed by atoms with Crippen LogP contribution in [0.1, 0.15) is 66.2 Å². The van der Waals surface area contributed by atoms with Crippen LogP contribution in [0, 0.1) is 5.41 Å². The van der Waals surface area contributed by atoms with Crippen LogP contribution in [0.15, 0.2) is 23.3 Å². The van der Waals surface area contributed by atoms with E-state index in [1.165, 1.54) is 18.1 Å². The molecule has 11 heteroatoms. The number of allylic oxidation sites excluding steroid dienone is 4. The van der Waals surface area contributed by atoms with E-state index in [2.05, 4.69) is 26.8 Å². The number of hydrogen-bond donors (Lipinski definition) is 8. The molecule has 10 atom stereocenters. The Balaban J connectivity index is 1.79. The van der Waals surface area contributed by atoms with Crippen molar-refractivity contribution in [3.8, 4) is 0 Å². The quantitative estimate of drug-likeness (QED) is 0.176. The molecule has 2 aliphatic heterocycles. The molecule has 1 aliphatic carbocycles. The Morgan fingerprint density at radius 3 is 2.32 bits per heavy atom. The van der Waals surface area contributed by atoms with Crippen LogP contribution in [-0.4, -0.2) is 114 Å². The summed E-state index contributed by atoms with van der Waals surface area (Å²) in [5, 5.41) is 82.7. The summed E-state index contributed by atoms with van der Waals surface area (Å²) in [7, 11) is 0. The van der Waals surface area contributed by atoms with Crippen molar-refractivity contribution in [2.75, 3.05) is 13.2 Å². The Morgan fingerprint density at radius 2 is 1.71 bits per heavy atom. The highest BCUT2D eigenvalue weighted by atomic mass is 16.7. The van der Waals surface area contributed by atoms with Crippen LogP contribution in [-0.2, 0) is 14.2 Å². The zero-order chi connectivity index (χ0) is 28.5. The highest BCUT2D eigenvalue weighted by Gasteiger charge is 2.62. The SMILES string of the molecule is CC1=C(/C=C/CCC[C@]2(CO)OC(O)[C@H](O)[C@@](C)(O)[C@@H]2O[C@@H]2O[C@H](CO)[C@@H](O)[C@H](O)[C@H]2O)C(C)(C)CCC1. The number of rotatable bonds is 9. The van der Waals surface area contributed by atoms with Gasteiger partial charge in [0.25, 0.3) is 0 Å². The largest absolute Gasteiger partial charge is 0.394 e. The molecule has 0 saturated carbocycles. The summed E-state index contributed by atoms with van der Waals surface area (Å²) in [5.41, 5.74) is -1.14. The lowest BCUT2D eigenvalue weighted by Gasteiger charge is -2.54. The Bertz CT molecular complexity index is 854. The molecule has 0 aromatic rings. The predicted molar refractivity (Wildman–Crippen MR) is 136 cm³/mol. The lowest BCUT2D eigenvalue weighted by atomic mass is 9.72. The maximum absolute atomic E-state index is 11.2. The molecule has 11 nitrogen and oxygen atoms in total. The molecule has 8 N–H and O–H groups in total. The molecule has 2 heterocycles. The fourth-order valence-electron chi connectivity index (χ4n) is 6.04. The van der Waals surface area contributed by atoms with Gasteiger partial charge >= 0.3 is 0 Å². The number of unbranched alkanes of at least 4 members (excludes halogenated alkanes) is 1. The fourth-order valence-corrected chi connectivity index (χ4v) is 6.04. The van der Waals surface area contributed by atoms with Crippen molar-refractivity contribution in [2.45, 2.75) is 127 Å². The van der Waals surface area contributed by atoms with Crippen LogP contribution in [0.2, 0.25) is 0 Å². The molecule has 0 amide bonds. The van der Waals surface area contributed by atoms with Crippen LogP contribution < -0.4 is 0 Å². The molecule has 0 aromatic heterocycles. The van der Waals surface area contributed by atoms with Crippen molar-refractivity contribution in [3.63, 3.8) is 0 Å². The summed E-state index contributed by atoms with van der Waals surface area (Å²) in [6.45, 7) is 6.39. The van der Waals surface area contributed by atoms with E-state index in [1.807, 2.05) is 6.08 Å². The minimum absolute atomic E-state index is 0.0842. The van der Waals surface area contributed by atoms with E-state index in [0.29, 0.717) is 12.8 Å². The van der Waals surface area contributed by atoms with Gasteiger partial charge in [-0.1, -0.05) is 31.6 Å². The molecule has 1 unspecified atom stereocenters. The Hall–Kier alpha value is -0.960. The lowest BCUT2D eigenvalue weighted by Crippen LogP contribution is -2.73. The fraction of sp³-hybridized carbons (Fsp3) is 0.852. The maximum Gasteiger partial charge on any atom is 0.187 e. The van der Waals surface area contributed by atoms with Crippen molar-refractivity contribution in [1.82, 2.24) is 0 Å². The summed E-state index contributed by atoms with van der Waals surface area (Å²) in [6.07, 6.45) is -4.60. The predicted octanol–water partition coefficient (Wildman–Crippen LogP) is -0.384. The first kappa shape index (κ1) is 31.6. The molecule has 220 valence electrons. The average molecular weight is 547 g/mol. The topological polar surface area (TPSA) is 190 Å². The third-order valence-corrected chi connectivity index (χ3v) is 8.42. The molecular formula is C27H46O11. The summed E-state index contributed by atoms with van der Waals surface area (Å²) >= 11 is 0. The molecular weight excluding hydrogens is 500 g/mol. The van der Waals surface area contributed by atoms with Gasteiger partial charge in [-0.25, -0.2) is 0 Å². The molecule has 0 radical (unpaired) electrons. The Labute approximate surface area is 224 Å². The zero-order valence-electron chi connectivity index (χ0n) is 22.7. The third-order valence-electron chi connectivity index (χ3n) is 8.42. The van der Waals surface area contributed by atoms with Crippen LogP contribution >= 0.6 is 0 Å². The van der Waals surface area contributed by atoms with Crippen molar-refractivity contribution < 1.29 is 55.1 Å². The molecule has 3 aliphatic rings. The second-order valence-electron chi connectivity index (χ2n) is 11.8. The van der Waals surface area contributed by atoms with E-state index < -0.39 is 73.6 Å². The van der Waals surface area contributed by atoms with Gasteiger partial charge in [0.1, 0.15) is 47.8 Å². The number of hydrogen-bond acceptors (Lipinski definition) is 11. The first-order chi connectivity index (χ1) is 17.7. The second-order valence-corrected chi connectivity index (χ2v) is 11.8. The summed E-state index contributed by atoms with van der Waals surface area (Å²) in [4.78, 5) is 0. The Kier molecular flexibility index (Phi) is 10.2. The van der Waals surface area contributed by atoms with E-state index >= 15 is 0 Å². The minimum atomic E-state index is -2.18. The monoisotopic (exact) mass is 546 g/mol. The van der Waals surface area contributed by atoms with Gasteiger partial charge in [-0.2, -0.15) is 0 Å². The van der Waals surface area contributed by atoms with Gasteiger partial charge in [-0.15, -0.1) is 0 Å². The molecule has 2 saturated heterocycles. The minimum Gasteiger partial charge on any atom is -0.394 e. The summed E-state index contributed by atoms with van der Waals surface area (Å²) < 4.78 is 16.9. The van der Waals surface area contributed by atoms with E-state index in [-0.39, 0.29) is 11.8 Å². The highest BCUT2D eigenvalue weighted by molar-refractivity contribution is 5.32. The highest BCUT2D eigenvalue weighted by Crippen LogP contribution is 2.43. The molecule has 2 fully saturated rings. The van der Waals surface area contributed by atoms with Gasteiger partial charge in [0, 0.05) is 0 Å². The van der Waals surface area contributed by atoms with E-state index in [0.717, 1.165) is 19.3 Å². The van der Waals surface area contributed by atoms with Gasteiger partial charge in [-0.05, 0) is 63.4 Å². The summed E-state index contributed by atoms with van der Waals surface area (Å²) in [6, 6.07) is 0. The van der Waals surface area contributed by atoms with Crippen molar-refractivity contribution in [2.24, 2.45) is 5.41 Å². The van der Waals surface area contributed by atoms with Gasteiger partial charge in [0.15, 0.2) is 12.6 Å². The van der Waals surface area contributed by atoms with Crippen LogP contribution in [0.4, 0.5) is 0 Å². The number of aliphatic hydroxyl groups excluding tert-OH is 7. The standard InChI is InChI=1S/C27H46O11/c1-15-9-8-11-25(2,3)16(15)10-6-5-7-12-27(14-29)24(26(4,35)21(33)22(34)38-27)37-23-20(32)19(31)18(30)17(13-28)36-23/h6,10,17-24,28-35H,5,7-9,11-14H2,1-4H3/b10-6+/t17-,18-,19+,20-,21+,22?,23+,24+,26-,27-/m1/s1. The molecule has 38 heavy (non-hydrogen) atoms.